The lowest BCUT2D eigenvalue weighted by molar-refractivity contribution is 0.482. The molecule has 0 bridgehead atoms. The van der Waals surface area contributed by atoms with Crippen molar-refractivity contribution in [2.75, 3.05) is 5.43 Å². The summed E-state index contributed by atoms with van der Waals surface area (Å²) in [5.41, 5.74) is 4.88. The van der Waals surface area contributed by atoms with Gasteiger partial charge in [-0.15, -0.1) is 11.3 Å². The van der Waals surface area contributed by atoms with Crippen LogP contribution in [0.2, 0.25) is 0 Å². The molecule has 2 aromatic carbocycles. The topological polar surface area (TPSA) is 46.5 Å². The van der Waals surface area contributed by atoms with E-state index in [4.69, 9.17) is 4.74 Å². The van der Waals surface area contributed by atoms with Gasteiger partial charge in [0.25, 0.3) is 0 Å². The summed E-state index contributed by atoms with van der Waals surface area (Å²) in [6.45, 7) is 1.95. The van der Waals surface area contributed by atoms with E-state index >= 15 is 0 Å². The Hall–Kier alpha value is -2.18. The van der Waals surface area contributed by atoms with Crippen LogP contribution in [-0.2, 0) is 0 Å². The molecule has 0 aliphatic carbocycles. The van der Waals surface area contributed by atoms with Gasteiger partial charge in [0.05, 0.1) is 11.9 Å². The average Bonchev–Trinajstić information content (AvgIpc) is 2.97. The zero-order chi connectivity index (χ0) is 16.1. The highest BCUT2D eigenvalue weighted by Crippen LogP contribution is 2.23. The molecule has 1 aromatic heterocycles. The molecule has 6 heteroatoms. The number of aromatic nitrogens is 1. The first-order chi connectivity index (χ1) is 11.2. The molecule has 0 unspecified atom stereocenters. The number of hydrazone groups is 1. The van der Waals surface area contributed by atoms with Gasteiger partial charge in [0, 0.05) is 9.85 Å². The van der Waals surface area contributed by atoms with E-state index in [2.05, 4.69) is 31.4 Å². The van der Waals surface area contributed by atoms with Gasteiger partial charge in [-0.1, -0.05) is 15.9 Å². The SMILES string of the molecule is Cc1csc(NN=Cc2ccc(Oc3ccc(Br)cc3)cc2)n1. The Bertz CT molecular complexity index is 797. The number of anilines is 1. The minimum Gasteiger partial charge on any atom is -0.457 e. The first-order valence-electron chi connectivity index (χ1n) is 6.94. The molecule has 116 valence electrons. The standard InChI is InChI=1S/C17H14BrN3OS/c1-12-11-23-17(20-12)21-19-10-13-2-6-15(7-3-13)22-16-8-4-14(18)5-9-16/h2-11H,1H3,(H,20,21). The van der Waals surface area contributed by atoms with Crippen LogP contribution in [0, 0.1) is 6.92 Å². The van der Waals surface area contributed by atoms with Crippen LogP contribution < -0.4 is 10.2 Å². The van der Waals surface area contributed by atoms with Crippen LogP contribution in [0.25, 0.3) is 0 Å². The van der Waals surface area contributed by atoms with Crippen molar-refractivity contribution in [2.24, 2.45) is 5.10 Å². The third kappa shape index (κ3) is 4.64. The molecule has 0 fully saturated rings. The van der Waals surface area contributed by atoms with Crippen molar-refractivity contribution in [1.82, 2.24) is 4.98 Å². The van der Waals surface area contributed by atoms with Gasteiger partial charge in [0.2, 0.25) is 5.13 Å². The summed E-state index contributed by atoms with van der Waals surface area (Å²) in [4.78, 5) is 4.28. The highest BCUT2D eigenvalue weighted by molar-refractivity contribution is 9.10. The van der Waals surface area contributed by atoms with Gasteiger partial charge in [0.1, 0.15) is 11.5 Å². The Labute approximate surface area is 147 Å². The monoisotopic (exact) mass is 387 g/mol. The number of nitrogens with zero attached hydrogens (tertiary/aromatic N) is 2. The number of rotatable bonds is 5. The number of hydrogen-bond acceptors (Lipinski definition) is 5. The first kappa shape index (κ1) is 15.7. The maximum absolute atomic E-state index is 5.78. The molecule has 1 N–H and O–H groups in total. The summed E-state index contributed by atoms with van der Waals surface area (Å²) in [6.07, 6.45) is 1.75. The molecule has 0 spiro atoms. The predicted molar refractivity (Wildman–Crippen MR) is 98.7 cm³/mol. The highest BCUT2D eigenvalue weighted by Gasteiger charge is 1.98. The van der Waals surface area contributed by atoms with Crippen molar-refractivity contribution < 1.29 is 4.74 Å². The highest BCUT2D eigenvalue weighted by atomic mass is 79.9. The summed E-state index contributed by atoms with van der Waals surface area (Å²) in [7, 11) is 0. The van der Waals surface area contributed by atoms with Gasteiger partial charge in [-0.05, 0) is 61.0 Å². The van der Waals surface area contributed by atoms with Crippen LogP contribution in [0.1, 0.15) is 11.3 Å². The Balaban J connectivity index is 1.59. The number of nitrogens with one attached hydrogen (secondary N) is 1. The molecule has 3 rings (SSSR count). The Kier molecular flexibility index (Phi) is 5.05. The average molecular weight is 388 g/mol. The second kappa shape index (κ2) is 7.39. The fourth-order valence-corrected chi connectivity index (χ4v) is 2.73. The summed E-state index contributed by atoms with van der Waals surface area (Å²) in [6, 6.07) is 15.5. The molecule has 0 amide bonds. The van der Waals surface area contributed by atoms with Gasteiger partial charge in [-0.3, -0.25) is 5.43 Å². The quantitative estimate of drug-likeness (QED) is 0.467. The Morgan fingerprint density at radius 2 is 1.74 bits per heavy atom. The van der Waals surface area contributed by atoms with E-state index in [1.165, 1.54) is 11.3 Å². The molecule has 3 aromatic rings. The van der Waals surface area contributed by atoms with Crippen molar-refractivity contribution in [3.63, 3.8) is 0 Å². The lowest BCUT2D eigenvalue weighted by atomic mass is 10.2. The van der Waals surface area contributed by atoms with Crippen molar-refractivity contribution in [3.05, 3.63) is 69.6 Å². The first-order valence-corrected chi connectivity index (χ1v) is 8.61. The van der Waals surface area contributed by atoms with Gasteiger partial charge in [0.15, 0.2) is 0 Å². The molecule has 23 heavy (non-hydrogen) atoms. The predicted octanol–water partition coefficient (Wildman–Crippen LogP) is 5.45. The van der Waals surface area contributed by atoms with Crippen LogP contribution in [0.5, 0.6) is 11.5 Å². The van der Waals surface area contributed by atoms with E-state index in [1.807, 2.05) is 60.8 Å². The van der Waals surface area contributed by atoms with Crippen LogP contribution in [-0.4, -0.2) is 11.2 Å². The summed E-state index contributed by atoms with van der Waals surface area (Å²) in [5.74, 6) is 1.59. The lowest BCUT2D eigenvalue weighted by Gasteiger charge is -2.05. The molecule has 0 radical (unpaired) electrons. The van der Waals surface area contributed by atoms with Gasteiger partial charge in [-0.2, -0.15) is 5.10 Å². The summed E-state index contributed by atoms with van der Waals surface area (Å²) >= 11 is 4.93. The fraction of sp³-hybridized carbons (Fsp3) is 0.0588. The van der Waals surface area contributed by atoms with Gasteiger partial charge in [-0.25, -0.2) is 4.98 Å². The normalized spacial score (nSPS) is 10.9. The van der Waals surface area contributed by atoms with Crippen molar-refractivity contribution in [2.45, 2.75) is 6.92 Å². The number of aryl methyl sites for hydroxylation is 1. The molecule has 0 aliphatic heterocycles. The molecule has 1 heterocycles. The van der Waals surface area contributed by atoms with Crippen LogP contribution >= 0.6 is 27.3 Å². The van der Waals surface area contributed by atoms with E-state index in [-0.39, 0.29) is 0 Å². The van der Waals surface area contributed by atoms with Crippen molar-refractivity contribution in [3.8, 4) is 11.5 Å². The number of ether oxygens (including phenoxy) is 1. The smallest absolute Gasteiger partial charge is 0.203 e. The second-order valence-corrected chi connectivity index (χ2v) is 6.56. The number of halogens is 1. The van der Waals surface area contributed by atoms with Crippen LogP contribution in [0.15, 0.2) is 63.5 Å². The van der Waals surface area contributed by atoms with E-state index in [0.717, 1.165) is 32.4 Å². The summed E-state index contributed by atoms with van der Waals surface area (Å²) < 4.78 is 6.80. The maximum Gasteiger partial charge on any atom is 0.203 e. The molecule has 4 nitrogen and oxygen atoms in total. The van der Waals surface area contributed by atoms with E-state index < -0.39 is 0 Å². The third-order valence-corrected chi connectivity index (χ3v) is 4.32. The minimum atomic E-state index is 0.785. The third-order valence-electron chi connectivity index (χ3n) is 2.92. The Morgan fingerprint density at radius 3 is 2.35 bits per heavy atom. The molecule has 0 saturated heterocycles. The Morgan fingerprint density at radius 1 is 1.09 bits per heavy atom. The number of hydrogen-bond donors (Lipinski definition) is 1. The van der Waals surface area contributed by atoms with E-state index in [0.29, 0.717) is 0 Å². The second-order valence-electron chi connectivity index (χ2n) is 4.79. The van der Waals surface area contributed by atoms with Crippen molar-refractivity contribution in [1.29, 1.82) is 0 Å². The molecule has 0 aliphatic rings. The molecular weight excluding hydrogens is 374 g/mol. The zero-order valence-electron chi connectivity index (χ0n) is 12.4. The largest absolute Gasteiger partial charge is 0.457 e. The number of benzene rings is 2. The molecule has 0 atom stereocenters. The van der Waals surface area contributed by atoms with Crippen molar-refractivity contribution >= 4 is 38.6 Å². The maximum atomic E-state index is 5.78. The van der Waals surface area contributed by atoms with Crippen LogP contribution in [0.4, 0.5) is 5.13 Å². The van der Waals surface area contributed by atoms with Gasteiger partial charge >= 0.3 is 0 Å². The minimum absolute atomic E-state index is 0.785. The number of thiazole rings is 1. The van der Waals surface area contributed by atoms with Crippen LogP contribution in [0.3, 0.4) is 0 Å². The lowest BCUT2D eigenvalue weighted by Crippen LogP contribution is -1.90. The van der Waals surface area contributed by atoms with E-state index in [1.54, 1.807) is 6.21 Å². The zero-order valence-corrected chi connectivity index (χ0v) is 14.8. The molecule has 0 saturated carbocycles. The van der Waals surface area contributed by atoms with Gasteiger partial charge < -0.3 is 4.74 Å². The summed E-state index contributed by atoms with van der Waals surface area (Å²) in [5, 5.41) is 6.94. The molecular formula is C17H14BrN3OS. The fourth-order valence-electron chi connectivity index (χ4n) is 1.83. The van der Waals surface area contributed by atoms with E-state index in [9.17, 15) is 0 Å².